The van der Waals surface area contributed by atoms with Crippen molar-refractivity contribution >= 4 is 0 Å². The van der Waals surface area contributed by atoms with Crippen molar-refractivity contribution in [2.75, 3.05) is 0 Å². The molecule has 0 N–H and O–H groups in total. The van der Waals surface area contributed by atoms with E-state index in [0.717, 1.165) is 6.42 Å². The summed E-state index contributed by atoms with van der Waals surface area (Å²) in [5.74, 6) is 0. The molecule has 0 spiro atoms. The fourth-order valence-corrected chi connectivity index (χ4v) is 2.08. The van der Waals surface area contributed by atoms with Crippen LogP contribution in [0.4, 0.5) is 0 Å². The molecule has 2 aromatic carbocycles. The molecule has 0 aliphatic heterocycles. The van der Waals surface area contributed by atoms with Crippen molar-refractivity contribution in [1.82, 2.24) is 0 Å². The molecule has 1 aliphatic carbocycles. The van der Waals surface area contributed by atoms with Gasteiger partial charge in [0.25, 0.3) is 0 Å². The molecule has 14 heavy (non-hydrogen) atoms. The van der Waals surface area contributed by atoms with E-state index < -0.39 is 0 Å². The van der Waals surface area contributed by atoms with E-state index in [2.05, 4.69) is 48.5 Å². The van der Waals surface area contributed by atoms with E-state index in [1.165, 1.54) is 22.3 Å². The van der Waals surface area contributed by atoms with Crippen LogP contribution in [0.15, 0.2) is 48.5 Å². The zero-order valence-corrected chi connectivity index (χ0v) is 10.3. The summed E-state index contributed by atoms with van der Waals surface area (Å²) in [5.41, 5.74) is 5.75. The molecular weight excluding hydrogens is 179 g/mol. The largest absolute Gasteiger partial charge is 1.00 e. The fraction of sp³-hybridized carbons (Fsp3) is 0.0769. The minimum Gasteiger partial charge on any atom is -1.00 e. The summed E-state index contributed by atoms with van der Waals surface area (Å²) in [6, 6.07) is 17.3. The maximum absolute atomic E-state index is 2.22. The molecule has 0 nitrogen and oxygen atoms in total. The molecular formula is C13H11Na. The molecule has 1 aliphatic rings. The van der Waals surface area contributed by atoms with Crippen molar-refractivity contribution < 1.29 is 31.0 Å². The number of hydrogen-bond acceptors (Lipinski definition) is 0. The summed E-state index contributed by atoms with van der Waals surface area (Å²) in [7, 11) is 0. The number of fused-ring (bicyclic) bond motifs is 3. The van der Waals surface area contributed by atoms with Crippen LogP contribution >= 0.6 is 0 Å². The number of benzene rings is 2. The van der Waals surface area contributed by atoms with Crippen LogP contribution in [0.2, 0.25) is 0 Å². The Bertz CT molecular complexity index is 422. The predicted molar refractivity (Wildman–Crippen MR) is 55.8 cm³/mol. The van der Waals surface area contributed by atoms with Gasteiger partial charge in [-0.3, -0.25) is 0 Å². The molecule has 0 bridgehead atoms. The van der Waals surface area contributed by atoms with Gasteiger partial charge in [0.15, 0.2) is 0 Å². The molecule has 0 fully saturated rings. The topological polar surface area (TPSA) is 0 Å². The van der Waals surface area contributed by atoms with Gasteiger partial charge >= 0.3 is 29.6 Å². The monoisotopic (exact) mass is 190 g/mol. The van der Waals surface area contributed by atoms with Crippen LogP contribution in [0, 0.1) is 0 Å². The third-order valence-corrected chi connectivity index (χ3v) is 2.71. The summed E-state index contributed by atoms with van der Waals surface area (Å²) in [5, 5.41) is 0. The second kappa shape index (κ2) is 3.90. The summed E-state index contributed by atoms with van der Waals surface area (Å²) in [4.78, 5) is 0. The van der Waals surface area contributed by atoms with Crippen molar-refractivity contribution in [3.05, 3.63) is 59.7 Å². The van der Waals surface area contributed by atoms with Gasteiger partial charge in [-0.1, -0.05) is 48.5 Å². The summed E-state index contributed by atoms with van der Waals surface area (Å²) < 4.78 is 0. The van der Waals surface area contributed by atoms with E-state index in [0.29, 0.717) is 0 Å². The van der Waals surface area contributed by atoms with Crippen molar-refractivity contribution in [2.24, 2.45) is 0 Å². The van der Waals surface area contributed by atoms with Crippen LogP contribution in [-0.2, 0) is 6.42 Å². The first-order chi connectivity index (χ1) is 6.45. The molecule has 0 radical (unpaired) electrons. The van der Waals surface area contributed by atoms with Crippen LogP contribution in [-0.4, -0.2) is 0 Å². The Morgan fingerprint density at radius 2 is 1.14 bits per heavy atom. The molecule has 0 saturated heterocycles. The third kappa shape index (κ3) is 1.44. The van der Waals surface area contributed by atoms with E-state index in [1.54, 1.807) is 0 Å². The van der Waals surface area contributed by atoms with Crippen molar-refractivity contribution in [3.63, 3.8) is 0 Å². The van der Waals surface area contributed by atoms with E-state index in [-0.39, 0.29) is 31.0 Å². The summed E-state index contributed by atoms with van der Waals surface area (Å²) in [6.07, 6.45) is 1.10. The quantitative estimate of drug-likeness (QED) is 0.449. The van der Waals surface area contributed by atoms with Gasteiger partial charge in [-0.25, -0.2) is 0 Å². The Kier molecular flexibility index (Phi) is 2.78. The molecule has 3 rings (SSSR count). The predicted octanol–water partition coefficient (Wildman–Crippen LogP) is 0.374. The van der Waals surface area contributed by atoms with Gasteiger partial charge in [0, 0.05) is 0 Å². The Hall–Kier alpha value is -0.560. The molecule has 0 amide bonds. The van der Waals surface area contributed by atoms with E-state index in [4.69, 9.17) is 0 Å². The maximum Gasteiger partial charge on any atom is 1.00 e. The number of hydrogen-bond donors (Lipinski definition) is 0. The van der Waals surface area contributed by atoms with E-state index in [1.807, 2.05) is 0 Å². The Labute approximate surface area is 108 Å². The van der Waals surface area contributed by atoms with Crippen molar-refractivity contribution in [1.29, 1.82) is 0 Å². The zero-order chi connectivity index (χ0) is 8.67. The van der Waals surface area contributed by atoms with Gasteiger partial charge < -0.3 is 1.43 Å². The Balaban J connectivity index is 0.000000562. The molecule has 1 heteroatoms. The second-order valence-corrected chi connectivity index (χ2v) is 3.49. The first kappa shape index (κ1) is 9.97. The minimum absolute atomic E-state index is 0. The first-order valence-corrected chi connectivity index (χ1v) is 4.61. The molecule has 0 saturated carbocycles. The maximum atomic E-state index is 2.22. The van der Waals surface area contributed by atoms with Crippen LogP contribution in [0.25, 0.3) is 11.1 Å². The van der Waals surface area contributed by atoms with Crippen molar-refractivity contribution in [2.45, 2.75) is 6.42 Å². The van der Waals surface area contributed by atoms with Gasteiger partial charge in [0.1, 0.15) is 0 Å². The fourth-order valence-electron chi connectivity index (χ4n) is 2.08. The van der Waals surface area contributed by atoms with Crippen LogP contribution in [0.1, 0.15) is 12.6 Å². The SMILES string of the molecule is [H-].[Na+].c1ccc2c(c1)Cc1ccccc1-2. The van der Waals surface area contributed by atoms with Gasteiger partial charge in [-0.2, -0.15) is 0 Å². The molecule has 0 aromatic heterocycles. The van der Waals surface area contributed by atoms with Gasteiger partial charge in [-0.15, -0.1) is 0 Å². The zero-order valence-electron chi connectivity index (χ0n) is 9.33. The normalized spacial score (nSPS) is 11.4. The molecule has 2 aromatic rings. The molecule has 0 atom stereocenters. The third-order valence-electron chi connectivity index (χ3n) is 2.71. The molecule has 0 unspecified atom stereocenters. The average Bonchev–Trinajstić information content (AvgIpc) is 2.56. The molecule has 0 heterocycles. The van der Waals surface area contributed by atoms with Crippen LogP contribution in [0.5, 0.6) is 0 Å². The second-order valence-electron chi connectivity index (χ2n) is 3.49. The van der Waals surface area contributed by atoms with Crippen molar-refractivity contribution in [3.8, 4) is 11.1 Å². The Morgan fingerprint density at radius 1 is 0.714 bits per heavy atom. The minimum atomic E-state index is 0. The summed E-state index contributed by atoms with van der Waals surface area (Å²) >= 11 is 0. The Morgan fingerprint density at radius 3 is 1.64 bits per heavy atom. The van der Waals surface area contributed by atoms with Gasteiger partial charge in [0.05, 0.1) is 0 Å². The number of rotatable bonds is 0. The average molecular weight is 190 g/mol. The smallest absolute Gasteiger partial charge is 1.00 e. The van der Waals surface area contributed by atoms with Crippen LogP contribution in [0.3, 0.4) is 0 Å². The van der Waals surface area contributed by atoms with Gasteiger partial charge in [0.2, 0.25) is 0 Å². The summed E-state index contributed by atoms with van der Waals surface area (Å²) in [6.45, 7) is 0. The standard InChI is InChI=1S/C13H10.Na.H/c1-3-7-12-10(5-1)9-11-6-2-4-8-13(11)12;;/h1-8H,9H2;;/q;+1;-1. The first-order valence-electron chi connectivity index (χ1n) is 4.61. The van der Waals surface area contributed by atoms with Gasteiger partial charge in [-0.05, 0) is 28.7 Å². The van der Waals surface area contributed by atoms with E-state index in [9.17, 15) is 0 Å². The van der Waals surface area contributed by atoms with E-state index >= 15 is 0 Å². The molecule has 64 valence electrons. The van der Waals surface area contributed by atoms with Crippen LogP contribution < -0.4 is 29.6 Å².